The van der Waals surface area contributed by atoms with Gasteiger partial charge in [-0.05, 0) is 52.8 Å². The number of hydrogen-bond acceptors (Lipinski definition) is 0. The van der Waals surface area contributed by atoms with Crippen molar-refractivity contribution in [2.45, 2.75) is 38.1 Å². The molecule has 156 valence electrons. The lowest BCUT2D eigenvalue weighted by atomic mass is 9.74. The summed E-state index contributed by atoms with van der Waals surface area (Å²) in [5, 5.41) is 1.35. The molecule has 2 nitrogen and oxygen atoms in total. The highest BCUT2D eigenvalue weighted by Crippen LogP contribution is 2.62. The summed E-state index contributed by atoms with van der Waals surface area (Å²) in [4.78, 5) is 0. The van der Waals surface area contributed by atoms with Crippen molar-refractivity contribution in [2.24, 2.45) is 7.05 Å². The van der Waals surface area contributed by atoms with Gasteiger partial charge in [0.1, 0.15) is 12.6 Å². The molecule has 2 unspecified atom stereocenters. The van der Waals surface area contributed by atoms with E-state index in [1.54, 1.807) is 0 Å². The average molecular weight is 416 g/mol. The van der Waals surface area contributed by atoms with Gasteiger partial charge in [-0.3, -0.25) is 0 Å². The second kappa shape index (κ2) is 5.89. The summed E-state index contributed by atoms with van der Waals surface area (Å²) in [5.74, 6) is 0.436. The predicted molar refractivity (Wildman–Crippen MR) is 131 cm³/mol. The van der Waals surface area contributed by atoms with E-state index in [2.05, 4.69) is 116 Å². The van der Waals surface area contributed by atoms with Gasteiger partial charge in [-0.1, -0.05) is 68.4 Å². The molecule has 0 N–H and O–H groups in total. The summed E-state index contributed by atoms with van der Waals surface area (Å²) in [7, 11) is 2.24. The summed E-state index contributed by atoms with van der Waals surface area (Å²) >= 11 is 0. The number of nitrogens with zero attached hydrogens (tertiary/aromatic N) is 2. The smallest absolute Gasteiger partial charge is 0.239 e. The third kappa shape index (κ3) is 1.99. The minimum Gasteiger partial charge on any atom is -0.327 e. The van der Waals surface area contributed by atoms with Gasteiger partial charge in [0.2, 0.25) is 11.2 Å². The molecule has 0 amide bonds. The monoisotopic (exact) mass is 415 g/mol. The SMILES string of the molecule is Cc1ccccc1-c1cc2c3c(c4ccccc4n3C3c4ccccc4C(C)(C)C23)[n+]1C. The molecule has 0 bridgehead atoms. The van der Waals surface area contributed by atoms with Gasteiger partial charge in [0.05, 0.1) is 16.9 Å². The molecule has 0 spiro atoms. The van der Waals surface area contributed by atoms with E-state index in [1.807, 2.05) is 0 Å². The first-order valence-electron chi connectivity index (χ1n) is 11.6. The van der Waals surface area contributed by atoms with E-state index in [0.29, 0.717) is 12.0 Å². The van der Waals surface area contributed by atoms with Gasteiger partial charge in [-0.2, -0.15) is 4.57 Å². The number of aryl methyl sites for hydroxylation is 2. The average Bonchev–Trinajstić information content (AvgIpc) is 3.39. The molecule has 0 saturated heterocycles. The fraction of sp³-hybridized carbons (Fsp3) is 0.233. The zero-order valence-corrected chi connectivity index (χ0v) is 19.1. The van der Waals surface area contributed by atoms with Gasteiger partial charge in [-0.25, -0.2) is 0 Å². The predicted octanol–water partition coefficient (Wildman–Crippen LogP) is 6.57. The number of fused-ring (bicyclic) bond motifs is 8. The molecule has 0 fully saturated rings. The van der Waals surface area contributed by atoms with E-state index in [1.165, 1.54) is 55.4 Å². The standard InChI is InChI=1S/C30H27N2/c1-18-11-5-6-12-19(18)25-17-22-26-27(20-13-7-9-15-23(20)30(26,2)3)32-24-16-10-8-14-21(24)28(29(22)32)31(25)4/h5-17,26-27H,1-4H3/q+1. The van der Waals surface area contributed by atoms with Crippen LogP contribution in [0.5, 0.6) is 0 Å². The van der Waals surface area contributed by atoms with Crippen LogP contribution in [0.1, 0.15) is 48.1 Å². The van der Waals surface area contributed by atoms with Gasteiger partial charge < -0.3 is 4.57 Å². The number of rotatable bonds is 1. The van der Waals surface area contributed by atoms with Crippen molar-refractivity contribution in [3.05, 3.63) is 101 Å². The van der Waals surface area contributed by atoms with Crippen LogP contribution in [0.3, 0.4) is 0 Å². The Morgan fingerprint density at radius 2 is 1.56 bits per heavy atom. The lowest BCUT2D eigenvalue weighted by Gasteiger charge is -2.28. The normalized spacial score (nSPS) is 20.1. The third-order valence-electron chi connectivity index (χ3n) is 8.25. The van der Waals surface area contributed by atoms with Crippen LogP contribution < -0.4 is 4.57 Å². The number of hydrogen-bond donors (Lipinski definition) is 0. The van der Waals surface area contributed by atoms with E-state index in [4.69, 9.17) is 0 Å². The van der Waals surface area contributed by atoms with Crippen molar-refractivity contribution in [1.29, 1.82) is 0 Å². The first-order chi connectivity index (χ1) is 15.5. The van der Waals surface area contributed by atoms with Crippen LogP contribution >= 0.6 is 0 Å². The molecular weight excluding hydrogens is 388 g/mol. The van der Waals surface area contributed by atoms with Crippen LogP contribution in [-0.2, 0) is 12.5 Å². The molecule has 2 aromatic heterocycles. The van der Waals surface area contributed by atoms with Crippen molar-refractivity contribution in [3.63, 3.8) is 0 Å². The van der Waals surface area contributed by atoms with E-state index in [0.717, 1.165) is 0 Å². The fourth-order valence-corrected chi connectivity index (χ4v) is 6.87. The third-order valence-corrected chi connectivity index (χ3v) is 8.25. The first-order valence-corrected chi connectivity index (χ1v) is 11.6. The molecule has 1 aliphatic heterocycles. The molecule has 3 aromatic carbocycles. The van der Waals surface area contributed by atoms with Gasteiger partial charge in [-0.15, -0.1) is 0 Å². The Kier molecular flexibility index (Phi) is 3.35. The van der Waals surface area contributed by atoms with Crippen molar-refractivity contribution in [3.8, 4) is 11.3 Å². The Bertz CT molecular complexity index is 1580. The van der Waals surface area contributed by atoms with Gasteiger partial charge in [0.25, 0.3) is 0 Å². The molecule has 3 heterocycles. The summed E-state index contributed by atoms with van der Waals surface area (Å²) in [5.41, 5.74) is 12.6. The molecule has 5 aromatic rings. The molecule has 2 aliphatic rings. The van der Waals surface area contributed by atoms with Gasteiger partial charge in [0.15, 0.2) is 0 Å². The maximum Gasteiger partial charge on any atom is 0.239 e. The molecule has 0 radical (unpaired) electrons. The molecule has 32 heavy (non-hydrogen) atoms. The van der Waals surface area contributed by atoms with Crippen molar-refractivity contribution in [2.75, 3.05) is 0 Å². The molecule has 1 aliphatic carbocycles. The van der Waals surface area contributed by atoms with E-state index >= 15 is 0 Å². The Balaban J connectivity index is 1.68. The van der Waals surface area contributed by atoms with E-state index in [9.17, 15) is 0 Å². The minimum atomic E-state index is 0.0806. The zero-order chi connectivity index (χ0) is 21.8. The van der Waals surface area contributed by atoms with Crippen LogP contribution in [0, 0.1) is 6.92 Å². The summed E-state index contributed by atoms with van der Waals surface area (Å²) in [6.07, 6.45) is 0. The van der Waals surface area contributed by atoms with Crippen molar-refractivity contribution < 1.29 is 4.57 Å². The van der Waals surface area contributed by atoms with E-state index < -0.39 is 0 Å². The Morgan fingerprint density at radius 1 is 0.844 bits per heavy atom. The van der Waals surface area contributed by atoms with Crippen LogP contribution in [0.25, 0.3) is 33.2 Å². The van der Waals surface area contributed by atoms with Gasteiger partial charge in [0, 0.05) is 17.5 Å². The molecular formula is C30H27N2+. The van der Waals surface area contributed by atoms with Crippen LogP contribution in [0.4, 0.5) is 0 Å². The molecule has 2 atom stereocenters. The van der Waals surface area contributed by atoms with Crippen LogP contribution in [0.15, 0.2) is 78.9 Å². The van der Waals surface area contributed by atoms with E-state index in [-0.39, 0.29) is 5.41 Å². The summed E-state index contributed by atoms with van der Waals surface area (Å²) in [6, 6.07) is 29.7. The second-order valence-electron chi connectivity index (χ2n) is 10.2. The minimum absolute atomic E-state index is 0.0806. The zero-order valence-electron chi connectivity index (χ0n) is 19.1. The molecule has 7 rings (SSSR count). The van der Waals surface area contributed by atoms with Crippen molar-refractivity contribution in [1.82, 2.24) is 4.57 Å². The molecule has 0 saturated carbocycles. The largest absolute Gasteiger partial charge is 0.327 e. The molecule has 2 heteroatoms. The maximum absolute atomic E-state index is 2.65. The van der Waals surface area contributed by atoms with Crippen LogP contribution in [0.2, 0.25) is 0 Å². The fourth-order valence-electron chi connectivity index (χ4n) is 6.87. The second-order valence-corrected chi connectivity index (χ2v) is 10.2. The lowest BCUT2D eigenvalue weighted by molar-refractivity contribution is -0.632. The Morgan fingerprint density at radius 3 is 2.41 bits per heavy atom. The highest BCUT2D eigenvalue weighted by molar-refractivity contribution is 6.07. The number of aromatic nitrogens is 2. The van der Waals surface area contributed by atoms with Crippen LogP contribution in [-0.4, -0.2) is 4.57 Å². The van der Waals surface area contributed by atoms with Crippen molar-refractivity contribution >= 4 is 21.9 Å². The summed E-state index contributed by atoms with van der Waals surface area (Å²) < 4.78 is 5.08. The Labute approximate surface area is 188 Å². The summed E-state index contributed by atoms with van der Waals surface area (Å²) in [6.45, 7) is 7.11. The highest BCUT2D eigenvalue weighted by Gasteiger charge is 2.53. The number of benzene rings is 3. The highest BCUT2D eigenvalue weighted by atomic mass is 15.1. The lowest BCUT2D eigenvalue weighted by Crippen LogP contribution is -2.33. The number of para-hydroxylation sites is 1. The van der Waals surface area contributed by atoms with Gasteiger partial charge >= 0.3 is 0 Å². The topological polar surface area (TPSA) is 8.81 Å². The number of pyridine rings is 1. The first kappa shape index (κ1) is 18.2. The Hall–Kier alpha value is -3.39. The quantitative estimate of drug-likeness (QED) is 0.274. The maximum atomic E-state index is 2.65.